The van der Waals surface area contributed by atoms with Crippen LogP contribution in [-0.2, 0) is 11.3 Å². The molecule has 0 fully saturated rings. The van der Waals surface area contributed by atoms with Crippen molar-refractivity contribution >= 4 is 17.7 Å². The van der Waals surface area contributed by atoms with E-state index in [1.54, 1.807) is 4.57 Å². The van der Waals surface area contributed by atoms with Gasteiger partial charge in [0.05, 0.1) is 11.8 Å². The number of hydrogen-bond donors (Lipinski definition) is 2. The van der Waals surface area contributed by atoms with Crippen LogP contribution in [0.4, 0.5) is 0 Å². The van der Waals surface area contributed by atoms with Gasteiger partial charge in [-0.2, -0.15) is 0 Å². The lowest BCUT2D eigenvalue weighted by molar-refractivity contribution is -0.119. The number of thioether (sulfide) groups is 1. The van der Waals surface area contributed by atoms with Gasteiger partial charge in [-0.05, 0) is 24.3 Å². The lowest BCUT2D eigenvalue weighted by Crippen LogP contribution is -2.31. The van der Waals surface area contributed by atoms with E-state index in [2.05, 4.69) is 36.3 Å². The van der Waals surface area contributed by atoms with Gasteiger partial charge in [-0.25, -0.2) is 9.89 Å². The fraction of sp³-hybridized carbons (Fsp3) is 0.526. The first-order chi connectivity index (χ1) is 12.5. The molecule has 1 atom stereocenters. The van der Waals surface area contributed by atoms with Crippen molar-refractivity contribution < 1.29 is 4.79 Å². The number of nitrogens with zero attached hydrogens (tertiary/aromatic N) is 2. The number of H-pyrrole nitrogens is 1. The SMILES string of the molecule is CCCCn1c(SCC(=O)NC(CC(C)C)c2ccccc2)n[nH]c1=O. The van der Waals surface area contributed by atoms with Crippen LogP contribution in [0.2, 0.25) is 0 Å². The second-order valence-electron chi connectivity index (χ2n) is 6.77. The number of unbranched alkanes of at least 4 members (excludes halogenated alkanes) is 1. The Hall–Kier alpha value is -2.02. The van der Waals surface area contributed by atoms with Gasteiger partial charge in [0.1, 0.15) is 0 Å². The lowest BCUT2D eigenvalue weighted by Gasteiger charge is -2.21. The van der Waals surface area contributed by atoms with E-state index in [9.17, 15) is 9.59 Å². The Labute approximate surface area is 158 Å². The van der Waals surface area contributed by atoms with Gasteiger partial charge in [-0.1, -0.05) is 69.3 Å². The summed E-state index contributed by atoms with van der Waals surface area (Å²) in [6.45, 7) is 6.99. The molecule has 2 aromatic rings. The standard InChI is InChI=1S/C19H28N4O2S/c1-4-5-11-23-18(25)21-22-19(23)26-13-17(24)20-16(12-14(2)3)15-9-7-6-8-10-15/h6-10,14,16H,4-5,11-13H2,1-3H3,(H,20,24)(H,21,25). The number of amides is 1. The molecule has 1 amide bonds. The minimum absolute atomic E-state index is 0.00855. The Morgan fingerprint density at radius 1 is 1.31 bits per heavy atom. The van der Waals surface area contributed by atoms with E-state index in [4.69, 9.17) is 0 Å². The normalized spacial score (nSPS) is 12.3. The predicted molar refractivity (Wildman–Crippen MR) is 105 cm³/mol. The third kappa shape index (κ3) is 6.05. The zero-order valence-electron chi connectivity index (χ0n) is 15.7. The average Bonchev–Trinajstić information content (AvgIpc) is 2.97. The summed E-state index contributed by atoms with van der Waals surface area (Å²) in [5, 5.41) is 10.2. The molecule has 2 rings (SSSR count). The highest BCUT2D eigenvalue weighted by atomic mass is 32.2. The van der Waals surface area contributed by atoms with Gasteiger partial charge in [-0.3, -0.25) is 9.36 Å². The molecule has 1 aromatic heterocycles. The van der Waals surface area contributed by atoms with Crippen LogP contribution in [-0.4, -0.2) is 26.4 Å². The number of aromatic amines is 1. The quantitative estimate of drug-likeness (QED) is 0.623. The van der Waals surface area contributed by atoms with Crippen molar-refractivity contribution in [2.24, 2.45) is 5.92 Å². The molecule has 0 radical (unpaired) electrons. The van der Waals surface area contributed by atoms with E-state index >= 15 is 0 Å². The largest absolute Gasteiger partial charge is 0.349 e. The monoisotopic (exact) mass is 376 g/mol. The molecular formula is C19H28N4O2S. The van der Waals surface area contributed by atoms with Crippen molar-refractivity contribution in [3.05, 3.63) is 46.4 Å². The number of aromatic nitrogens is 3. The fourth-order valence-corrected chi connectivity index (χ4v) is 3.51. The van der Waals surface area contributed by atoms with E-state index in [0.717, 1.165) is 24.8 Å². The van der Waals surface area contributed by atoms with E-state index < -0.39 is 0 Å². The first-order valence-corrected chi connectivity index (χ1v) is 10.1. The number of carbonyl (C=O) groups is 1. The first kappa shape index (κ1) is 20.3. The number of carbonyl (C=O) groups excluding carboxylic acids is 1. The Morgan fingerprint density at radius 3 is 2.69 bits per heavy atom. The smallest absolute Gasteiger partial charge is 0.343 e. The summed E-state index contributed by atoms with van der Waals surface area (Å²) in [5.41, 5.74) is 0.891. The highest BCUT2D eigenvalue weighted by Gasteiger charge is 2.17. The molecule has 1 aromatic carbocycles. The molecule has 0 aliphatic rings. The molecular weight excluding hydrogens is 348 g/mol. The molecule has 2 N–H and O–H groups in total. The van der Waals surface area contributed by atoms with Gasteiger partial charge in [0, 0.05) is 6.54 Å². The number of hydrogen-bond acceptors (Lipinski definition) is 4. The molecule has 1 heterocycles. The van der Waals surface area contributed by atoms with Gasteiger partial charge in [0.15, 0.2) is 5.16 Å². The topological polar surface area (TPSA) is 79.8 Å². The highest BCUT2D eigenvalue weighted by Crippen LogP contribution is 2.22. The summed E-state index contributed by atoms with van der Waals surface area (Å²) in [4.78, 5) is 24.3. The van der Waals surface area contributed by atoms with Crippen molar-refractivity contribution in [1.82, 2.24) is 20.1 Å². The molecule has 6 nitrogen and oxygen atoms in total. The van der Waals surface area contributed by atoms with Gasteiger partial charge < -0.3 is 5.32 Å². The molecule has 0 saturated heterocycles. The number of benzene rings is 1. The second-order valence-corrected chi connectivity index (χ2v) is 7.71. The van der Waals surface area contributed by atoms with E-state index in [0.29, 0.717) is 17.6 Å². The summed E-state index contributed by atoms with van der Waals surface area (Å²) in [7, 11) is 0. The third-order valence-electron chi connectivity index (χ3n) is 4.04. The second kappa shape index (κ2) is 10.2. The van der Waals surface area contributed by atoms with Gasteiger partial charge in [0.25, 0.3) is 0 Å². The molecule has 7 heteroatoms. The van der Waals surface area contributed by atoms with Crippen LogP contribution in [0.15, 0.2) is 40.3 Å². The Morgan fingerprint density at radius 2 is 2.04 bits per heavy atom. The van der Waals surface area contributed by atoms with Crippen LogP contribution in [0.3, 0.4) is 0 Å². The van der Waals surface area contributed by atoms with Crippen LogP contribution in [0.25, 0.3) is 0 Å². The van der Waals surface area contributed by atoms with Crippen molar-refractivity contribution in [3.63, 3.8) is 0 Å². The van der Waals surface area contributed by atoms with Crippen LogP contribution in [0, 0.1) is 5.92 Å². The van der Waals surface area contributed by atoms with Crippen molar-refractivity contribution in [1.29, 1.82) is 0 Å². The van der Waals surface area contributed by atoms with Gasteiger partial charge in [0.2, 0.25) is 5.91 Å². The molecule has 0 aliphatic heterocycles. The van der Waals surface area contributed by atoms with Crippen LogP contribution < -0.4 is 11.0 Å². The molecule has 1 unspecified atom stereocenters. The maximum absolute atomic E-state index is 12.5. The third-order valence-corrected chi connectivity index (χ3v) is 5.01. The van der Waals surface area contributed by atoms with Crippen molar-refractivity contribution in [2.45, 2.75) is 57.8 Å². The van der Waals surface area contributed by atoms with E-state index in [1.165, 1.54) is 11.8 Å². The minimum Gasteiger partial charge on any atom is -0.349 e. The summed E-state index contributed by atoms with van der Waals surface area (Å²) in [6, 6.07) is 10.0. The van der Waals surface area contributed by atoms with Gasteiger partial charge >= 0.3 is 5.69 Å². The van der Waals surface area contributed by atoms with Crippen molar-refractivity contribution in [2.75, 3.05) is 5.75 Å². The zero-order valence-corrected chi connectivity index (χ0v) is 16.5. The minimum atomic E-state index is -0.219. The van der Waals surface area contributed by atoms with Crippen LogP contribution in [0.1, 0.15) is 51.6 Å². The number of nitrogens with one attached hydrogen (secondary N) is 2. The highest BCUT2D eigenvalue weighted by molar-refractivity contribution is 7.99. The summed E-state index contributed by atoms with van der Waals surface area (Å²) >= 11 is 1.29. The zero-order chi connectivity index (χ0) is 18.9. The van der Waals surface area contributed by atoms with Crippen LogP contribution >= 0.6 is 11.8 Å². The molecule has 142 valence electrons. The summed E-state index contributed by atoms with van der Waals surface area (Å²) in [6.07, 6.45) is 2.78. The molecule has 0 aliphatic carbocycles. The van der Waals surface area contributed by atoms with Crippen LogP contribution in [0.5, 0.6) is 0 Å². The maximum Gasteiger partial charge on any atom is 0.343 e. The van der Waals surface area contributed by atoms with E-state index in [1.807, 2.05) is 30.3 Å². The fourth-order valence-electron chi connectivity index (χ4n) is 2.73. The average molecular weight is 377 g/mol. The molecule has 0 bridgehead atoms. The van der Waals surface area contributed by atoms with E-state index in [-0.39, 0.29) is 23.4 Å². The molecule has 0 spiro atoms. The summed E-state index contributed by atoms with van der Waals surface area (Å²) < 4.78 is 1.60. The molecule has 0 saturated carbocycles. The molecule has 26 heavy (non-hydrogen) atoms. The Kier molecular flexibility index (Phi) is 7.97. The predicted octanol–water partition coefficient (Wildman–Crippen LogP) is 3.37. The lowest BCUT2D eigenvalue weighted by atomic mass is 9.97. The Balaban J connectivity index is 1.97. The first-order valence-electron chi connectivity index (χ1n) is 9.13. The van der Waals surface area contributed by atoms with Gasteiger partial charge in [-0.15, -0.1) is 5.10 Å². The Bertz CT molecular complexity index is 739. The van der Waals surface area contributed by atoms with Crippen molar-refractivity contribution in [3.8, 4) is 0 Å². The summed E-state index contributed by atoms with van der Waals surface area (Å²) in [5.74, 6) is 0.651. The maximum atomic E-state index is 12.5. The number of rotatable bonds is 10.